The van der Waals surface area contributed by atoms with E-state index in [1.165, 1.54) is 167 Å². The fraction of sp³-hybridized carbons (Fsp3) is 0.720. The van der Waals surface area contributed by atoms with Gasteiger partial charge < -0.3 is 14.2 Å². The first-order valence-electron chi connectivity index (χ1n) is 34.4. The topological polar surface area (TPSA) is 78.9 Å². The number of rotatable bonds is 62. The standard InChI is InChI=1S/C75H128O6/c1-4-7-10-13-16-19-22-25-27-29-31-33-35-36-37-38-40-41-43-45-47-50-53-56-59-62-65-68-74(77)80-71-72(70-79-73(76)67-64-61-58-55-52-49-24-21-18-15-12-9-6-3)81-75(78)69-66-63-60-57-54-51-48-46-44-42-39-34-32-30-28-26-23-20-17-14-11-8-5-2/h7-8,10-11,16-17,19-20,25-28,31-34,42,44,72H,4-6,9,12-15,18,21-24,29-30,35-41,43,45-71H2,1-3H3/b10-7-,11-8-,19-16-,20-17-,27-25-,28-26-,33-31-,34-32-,44-42-. The quantitative estimate of drug-likeness (QED) is 0.0261. The van der Waals surface area contributed by atoms with Crippen LogP contribution in [-0.2, 0) is 28.6 Å². The van der Waals surface area contributed by atoms with E-state index in [4.69, 9.17) is 14.2 Å². The van der Waals surface area contributed by atoms with Gasteiger partial charge in [-0.1, -0.05) is 316 Å². The molecule has 81 heavy (non-hydrogen) atoms. The highest BCUT2D eigenvalue weighted by Crippen LogP contribution is 2.17. The molecular formula is C75H128O6. The van der Waals surface area contributed by atoms with E-state index in [0.29, 0.717) is 19.3 Å². The lowest BCUT2D eigenvalue weighted by atomic mass is 10.0. The molecule has 0 aliphatic carbocycles. The average Bonchev–Trinajstić information content (AvgIpc) is 3.46. The Labute approximate surface area is 501 Å². The van der Waals surface area contributed by atoms with Crippen LogP contribution < -0.4 is 0 Å². The van der Waals surface area contributed by atoms with E-state index in [2.05, 4.69) is 130 Å². The minimum Gasteiger partial charge on any atom is -0.462 e. The Morgan fingerprint density at radius 1 is 0.259 bits per heavy atom. The molecule has 0 fully saturated rings. The first-order valence-corrected chi connectivity index (χ1v) is 34.4. The van der Waals surface area contributed by atoms with Crippen LogP contribution in [0.4, 0.5) is 0 Å². The largest absolute Gasteiger partial charge is 0.462 e. The number of carbonyl (C=O) groups excluding carboxylic acids is 3. The molecule has 464 valence electrons. The van der Waals surface area contributed by atoms with Gasteiger partial charge in [0.05, 0.1) is 0 Å². The molecule has 0 aliphatic rings. The van der Waals surface area contributed by atoms with Crippen LogP contribution in [0.3, 0.4) is 0 Å². The van der Waals surface area contributed by atoms with Gasteiger partial charge in [0, 0.05) is 19.3 Å². The number of unbranched alkanes of at least 4 members (excludes halogenated alkanes) is 33. The van der Waals surface area contributed by atoms with Gasteiger partial charge >= 0.3 is 17.9 Å². The highest BCUT2D eigenvalue weighted by atomic mass is 16.6. The summed E-state index contributed by atoms with van der Waals surface area (Å²) in [5, 5.41) is 0. The van der Waals surface area contributed by atoms with Crippen LogP contribution in [0.2, 0.25) is 0 Å². The summed E-state index contributed by atoms with van der Waals surface area (Å²) in [6.45, 7) is 6.44. The van der Waals surface area contributed by atoms with Crippen LogP contribution in [0.5, 0.6) is 0 Å². The van der Waals surface area contributed by atoms with Gasteiger partial charge in [0.25, 0.3) is 0 Å². The van der Waals surface area contributed by atoms with Crippen molar-refractivity contribution < 1.29 is 28.6 Å². The number of hydrogen-bond acceptors (Lipinski definition) is 6. The van der Waals surface area contributed by atoms with Crippen LogP contribution in [0.1, 0.15) is 329 Å². The SMILES string of the molecule is CC/C=C\C/C=C\C/C=C\C/C=C\C/C=C\CCCCCCCCCC(=O)OC(COC(=O)CCCCCCCCCCCCCCC)COC(=O)CCCCCCCCCCCCCCCC/C=C\C/C=C\C/C=C\C/C=C\CC. The second kappa shape index (κ2) is 68.6. The molecule has 6 nitrogen and oxygen atoms in total. The molecular weight excluding hydrogens is 997 g/mol. The predicted octanol–water partition coefficient (Wildman–Crippen LogP) is 23.8. The number of ether oxygens (including phenoxy) is 3. The summed E-state index contributed by atoms with van der Waals surface area (Å²) in [6, 6.07) is 0. The molecule has 0 saturated heterocycles. The highest BCUT2D eigenvalue weighted by molar-refractivity contribution is 5.71. The lowest BCUT2D eigenvalue weighted by molar-refractivity contribution is -0.167. The van der Waals surface area contributed by atoms with Crippen molar-refractivity contribution in [3.05, 3.63) is 109 Å². The van der Waals surface area contributed by atoms with Crippen molar-refractivity contribution in [1.29, 1.82) is 0 Å². The predicted molar refractivity (Wildman–Crippen MR) is 353 cm³/mol. The summed E-state index contributed by atoms with van der Waals surface area (Å²) >= 11 is 0. The molecule has 0 aromatic carbocycles. The van der Waals surface area contributed by atoms with Gasteiger partial charge in [0.15, 0.2) is 6.10 Å². The fourth-order valence-corrected chi connectivity index (χ4v) is 9.70. The van der Waals surface area contributed by atoms with Crippen molar-refractivity contribution in [2.75, 3.05) is 13.2 Å². The van der Waals surface area contributed by atoms with Gasteiger partial charge in [-0.15, -0.1) is 0 Å². The Morgan fingerprint density at radius 3 is 0.753 bits per heavy atom. The van der Waals surface area contributed by atoms with E-state index in [0.717, 1.165) is 122 Å². The van der Waals surface area contributed by atoms with Gasteiger partial charge in [-0.2, -0.15) is 0 Å². The lowest BCUT2D eigenvalue weighted by Crippen LogP contribution is -2.30. The molecule has 0 saturated carbocycles. The molecule has 0 bridgehead atoms. The lowest BCUT2D eigenvalue weighted by Gasteiger charge is -2.18. The van der Waals surface area contributed by atoms with Gasteiger partial charge in [0.1, 0.15) is 13.2 Å². The van der Waals surface area contributed by atoms with Crippen molar-refractivity contribution in [1.82, 2.24) is 0 Å². The summed E-state index contributed by atoms with van der Waals surface area (Å²) in [5.74, 6) is -0.878. The van der Waals surface area contributed by atoms with Crippen molar-refractivity contribution in [2.45, 2.75) is 335 Å². The Bertz CT molecular complexity index is 1620. The molecule has 1 atom stereocenters. The van der Waals surface area contributed by atoms with Crippen LogP contribution in [-0.4, -0.2) is 37.2 Å². The molecule has 0 spiro atoms. The Hall–Kier alpha value is -3.93. The van der Waals surface area contributed by atoms with Crippen molar-refractivity contribution >= 4 is 17.9 Å². The first-order chi connectivity index (χ1) is 40.0. The molecule has 0 radical (unpaired) electrons. The van der Waals surface area contributed by atoms with Gasteiger partial charge in [-0.3, -0.25) is 14.4 Å². The zero-order valence-corrected chi connectivity index (χ0v) is 53.3. The van der Waals surface area contributed by atoms with E-state index < -0.39 is 6.10 Å². The summed E-state index contributed by atoms with van der Waals surface area (Å²) in [7, 11) is 0. The third kappa shape index (κ3) is 66.8. The van der Waals surface area contributed by atoms with Crippen LogP contribution in [0.15, 0.2) is 109 Å². The minimum atomic E-state index is -0.785. The van der Waals surface area contributed by atoms with E-state index in [1.54, 1.807) is 0 Å². The summed E-state index contributed by atoms with van der Waals surface area (Å²) < 4.78 is 17.0. The van der Waals surface area contributed by atoms with Crippen LogP contribution in [0.25, 0.3) is 0 Å². The molecule has 1 unspecified atom stereocenters. The molecule has 6 heteroatoms. The van der Waals surface area contributed by atoms with E-state index in [1.807, 2.05) is 0 Å². The minimum absolute atomic E-state index is 0.0797. The second-order valence-electron chi connectivity index (χ2n) is 22.7. The fourth-order valence-electron chi connectivity index (χ4n) is 9.70. The third-order valence-electron chi connectivity index (χ3n) is 14.8. The number of allylic oxidation sites excluding steroid dienone is 18. The first kappa shape index (κ1) is 77.1. The van der Waals surface area contributed by atoms with Gasteiger partial charge in [-0.05, 0) is 103 Å². The monoisotopic (exact) mass is 1120 g/mol. The number of hydrogen-bond donors (Lipinski definition) is 0. The summed E-state index contributed by atoms with van der Waals surface area (Å²) in [4.78, 5) is 38.4. The van der Waals surface area contributed by atoms with Crippen molar-refractivity contribution in [2.24, 2.45) is 0 Å². The maximum Gasteiger partial charge on any atom is 0.306 e. The molecule has 0 amide bonds. The number of carbonyl (C=O) groups is 3. The third-order valence-corrected chi connectivity index (χ3v) is 14.8. The van der Waals surface area contributed by atoms with Gasteiger partial charge in [0.2, 0.25) is 0 Å². The average molecular weight is 1130 g/mol. The molecule has 0 aromatic heterocycles. The maximum absolute atomic E-state index is 12.9. The zero-order chi connectivity index (χ0) is 58.5. The smallest absolute Gasteiger partial charge is 0.306 e. The molecule has 0 heterocycles. The van der Waals surface area contributed by atoms with Crippen molar-refractivity contribution in [3.63, 3.8) is 0 Å². The van der Waals surface area contributed by atoms with E-state index in [9.17, 15) is 14.4 Å². The van der Waals surface area contributed by atoms with Crippen molar-refractivity contribution in [3.8, 4) is 0 Å². The zero-order valence-electron chi connectivity index (χ0n) is 53.3. The number of esters is 3. The normalized spacial score (nSPS) is 12.8. The molecule has 0 N–H and O–H groups in total. The Balaban J connectivity index is 4.30. The molecule has 0 aliphatic heterocycles. The van der Waals surface area contributed by atoms with E-state index >= 15 is 0 Å². The van der Waals surface area contributed by atoms with Gasteiger partial charge in [-0.25, -0.2) is 0 Å². The van der Waals surface area contributed by atoms with Crippen LogP contribution in [0, 0.1) is 0 Å². The Kier molecular flexibility index (Phi) is 65.2. The highest BCUT2D eigenvalue weighted by Gasteiger charge is 2.19. The second-order valence-corrected chi connectivity index (χ2v) is 22.7. The van der Waals surface area contributed by atoms with Crippen LogP contribution >= 0.6 is 0 Å². The molecule has 0 aromatic rings. The van der Waals surface area contributed by atoms with E-state index in [-0.39, 0.29) is 31.1 Å². The summed E-state index contributed by atoms with van der Waals surface area (Å²) in [5.41, 5.74) is 0. The Morgan fingerprint density at radius 2 is 0.481 bits per heavy atom. The maximum atomic E-state index is 12.9. The molecule has 0 rings (SSSR count). The summed E-state index contributed by atoms with van der Waals surface area (Å²) in [6.07, 6.45) is 93.9.